The van der Waals surface area contributed by atoms with E-state index in [4.69, 9.17) is 15.7 Å². The number of rotatable bonds is 8. The highest BCUT2D eigenvalue weighted by Gasteiger charge is 2.21. The van der Waals surface area contributed by atoms with Crippen molar-refractivity contribution in [3.05, 3.63) is 58.3 Å². The first-order chi connectivity index (χ1) is 14.9. The second-order valence-corrected chi connectivity index (χ2v) is 11.6. The van der Waals surface area contributed by atoms with Crippen LogP contribution in [0, 0.1) is 5.41 Å². The molecule has 0 saturated carbocycles. The minimum Gasteiger partial charge on any atom is -0.382 e. The van der Waals surface area contributed by atoms with Crippen molar-refractivity contribution in [1.82, 2.24) is 15.0 Å². The number of nitrogens with zero attached hydrogens (tertiary/aromatic N) is 4. The van der Waals surface area contributed by atoms with Gasteiger partial charge in [-0.15, -0.1) is 11.3 Å². The van der Waals surface area contributed by atoms with E-state index in [2.05, 4.69) is 60.3 Å². The Kier molecular flexibility index (Phi) is 6.79. The molecule has 1 aromatic carbocycles. The van der Waals surface area contributed by atoms with Crippen LogP contribution in [-0.2, 0) is 12.2 Å². The first kappa shape index (κ1) is 22.0. The van der Waals surface area contributed by atoms with Crippen LogP contribution >= 0.6 is 34.4 Å². The van der Waals surface area contributed by atoms with Gasteiger partial charge in [-0.3, -0.25) is 0 Å². The fourth-order valence-corrected chi connectivity index (χ4v) is 5.68. The maximum absolute atomic E-state index is 6.31. The van der Waals surface area contributed by atoms with E-state index in [0.29, 0.717) is 16.6 Å². The van der Waals surface area contributed by atoms with Gasteiger partial charge in [0.05, 0.1) is 0 Å². The Bertz CT molecular complexity index is 1120. The van der Waals surface area contributed by atoms with E-state index >= 15 is 0 Å². The van der Waals surface area contributed by atoms with Gasteiger partial charge in [-0.1, -0.05) is 80.3 Å². The van der Waals surface area contributed by atoms with Crippen LogP contribution in [0.2, 0.25) is 0 Å². The van der Waals surface area contributed by atoms with Crippen LogP contribution in [0.15, 0.2) is 53.0 Å². The lowest BCUT2D eigenvalue weighted by Gasteiger charge is -2.29. The second kappa shape index (κ2) is 9.54. The Hall–Kier alpha value is -2.16. The fourth-order valence-electron chi connectivity index (χ4n) is 3.25. The first-order valence-corrected chi connectivity index (χ1v) is 12.9. The molecule has 0 saturated heterocycles. The predicted octanol–water partition coefficient (Wildman–Crippen LogP) is 6.12. The lowest BCUT2D eigenvalue weighted by Crippen LogP contribution is -2.34. The summed E-state index contributed by atoms with van der Waals surface area (Å²) in [5.74, 6) is 1.32. The van der Waals surface area contributed by atoms with E-state index in [9.17, 15) is 0 Å². The maximum Gasteiger partial charge on any atom is 0.191 e. The normalized spacial score (nSPS) is 11.8. The van der Waals surface area contributed by atoms with Gasteiger partial charge in [0.2, 0.25) is 0 Å². The molecule has 0 radical (unpaired) electrons. The number of fused-ring (bicyclic) bond motifs is 1. The van der Waals surface area contributed by atoms with Crippen LogP contribution in [0.4, 0.5) is 10.9 Å². The van der Waals surface area contributed by atoms with Crippen molar-refractivity contribution in [1.29, 1.82) is 0 Å². The highest BCUT2D eigenvalue weighted by molar-refractivity contribution is 7.98. The van der Waals surface area contributed by atoms with E-state index in [1.54, 1.807) is 34.4 Å². The average molecular weight is 470 g/mol. The molecule has 0 spiro atoms. The van der Waals surface area contributed by atoms with Crippen molar-refractivity contribution in [2.45, 2.75) is 38.1 Å². The van der Waals surface area contributed by atoms with Crippen molar-refractivity contribution in [3.8, 4) is 0 Å². The molecule has 0 aliphatic heterocycles. The summed E-state index contributed by atoms with van der Waals surface area (Å²) in [4.78, 5) is 17.9. The Balaban J connectivity index is 1.56. The molecule has 0 bridgehead atoms. The van der Waals surface area contributed by atoms with Crippen LogP contribution < -0.4 is 10.6 Å². The van der Waals surface area contributed by atoms with Crippen LogP contribution in [0.5, 0.6) is 0 Å². The number of thiophene rings is 1. The SMILES string of the molecule is CC(C)(C)CN(CCc1cccs1)c1nc2nc(SCc3ccccc3)nc(N)c2s1. The van der Waals surface area contributed by atoms with Gasteiger partial charge in [0.1, 0.15) is 10.5 Å². The molecule has 4 aromatic rings. The molecule has 0 fully saturated rings. The first-order valence-electron chi connectivity index (χ1n) is 10.3. The summed E-state index contributed by atoms with van der Waals surface area (Å²) in [6.45, 7) is 8.60. The van der Waals surface area contributed by atoms with Crippen LogP contribution in [0.25, 0.3) is 10.3 Å². The summed E-state index contributed by atoms with van der Waals surface area (Å²) < 4.78 is 0.870. The largest absolute Gasteiger partial charge is 0.382 e. The Morgan fingerprint density at radius 2 is 1.84 bits per heavy atom. The van der Waals surface area contributed by atoms with Gasteiger partial charge in [-0.05, 0) is 28.8 Å². The number of thiazole rings is 1. The highest BCUT2D eigenvalue weighted by atomic mass is 32.2. The third-order valence-electron chi connectivity index (χ3n) is 4.60. The molecule has 0 atom stereocenters. The topological polar surface area (TPSA) is 67.9 Å². The monoisotopic (exact) mass is 469 g/mol. The smallest absolute Gasteiger partial charge is 0.191 e. The number of nitrogens with two attached hydrogens (primary N) is 1. The molecule has 3 aromatic heterocycles. The summed E-state index contributed by atoms with van der Waals surface area (Å²) >= 11 is 4.98. The van der Waals surface area contributed by atoms with Gasteiger partial charge in [-0.2, -0.15) is 4.98 Å². The predicted molar refractivity (Wildman–Crippen MR) is 135 cm³/mol. The summed E-state index contributed by atoms with van der Waals surface area (Å²) in [6, 6.07) is 14.6. The molecule has 3 heterocycles. The summed E-state index contributed by atoms with van der Waals surface area (Å²) in [5.41, 5.74) is 8.39. The molecule has 4 rings (SSSR count). The van der Waals surface area contributed by atoms with E-state index in [1.165, 1.54) is 10.4 Å². The zero-order valence-electron chi connectivity index (χ0n) is 18.0. The fraction of sp³-hybridized carbons (Fsp3) is 0.348. The van der Waals surface area contributed by atoms with Gasteiger partial charge in [0.25, 0.3) is 0 Å². The molecular formula is C23H27N5S3. The second-order valence-electron chi connectivity index (χ2n) is 8.63. The van der Waals surface area contributed by atoms with Crippen molar-refractivity contribution < 1.29 is 0 Å². The summed E-state index contributed by atoms with van der Waals surface area (Å²) in [5, 5.41) is 3.77. The molecule has 0 unspecified atom stereocenters. The molecule has 2 N–H and O–H groups in total. The van der Waals surface area contributed by atoms with Crippen molar-refractivity contribution in [2.75, 3.05) is 23.7 Å². The molecule has 8 heteroatoms. The molecule has 0 aliphatic rings. The number of anilines is 2. The minimum absolute atomic E-state index is 0.154. The average Bonchev–Trinajstić information content (AvgIpc) is 3.39. The number of nitrogen functional groups attached to an aromatic ring is 1. The number of benzene rings is 1. The van der Waals surface area contributed by atoms with Crippen molar-refractivity contribution in [3.63, 3.8) is 0 Å². The van der Waals surface area contributed by atoms with Gasteiger partial charge >= 0.3 is 0 Å². The standard InChI is InChI=1S/C23H27N5S3/c1-23(2,3)15-28(12-11-17-10-7-13-29-17)22-27-20-18(31-22)19(24)25-21(26-20)30-14-16-8-5-4-6-9-16/h4-10,13H,11-12,14-15H2,1-3H3,(H2,24,25,26). The van der Waals surface area contributed by atoms with E-state index in [1.807, 2.05) is 18.2 Å². The number of hydrogen-bond donors (Lipinski definition) is 1. The van der Waals surface area contributed by atoms with Crippen LogP contribution in [0.3, 0.4) is 0 Å². The van der Waals surface area contributed by atoms with Gasteiger partial charge in [0.15, 0.2) is 15.9 Å². The van der Waals surface area contributed by atoms with Gasteiger partial charge in [-0.25, -0.2) is 9.97 Å². The summed E-state index contributed by atoms with van der Waals surface area (Å²) in [7, 11) is 0. The maximum atomic E-state index is 6.31. The van der Waals surface area contributed by atoms with Crippen molar-refractivity contribution in [2.24, 2.45) is 5.41 Å². The Morgan fingerprint density at radius 1 is 1.03 bits per heavy atom. The van der Waals surface area contributed by atoms with E-state index in [0.717, 1.165) is 35.1 Å². The van der Waals surface area contributed by atoms with Crippen LogP contribution in [-0.4, -0.2) is 28.0 Å². The Morgan fingerprint density at radius 3 is 2.55 bits per heavy atom. The minimum atomic E-state index is 0.154. The van der Waals surface area contributed by atoms with E-state index in [-0.39, 0.29) is 5.41 Å². The lowest BCUT2D eigenvalue weighted by molar-refractivity contribution is 0.410. The summed E-state index contributed by atoms with van der Waals surface area (Å²) in [6.07, 6.45) is 1.00. The number of aromatic nitrogens is 3. The molecular weight excluding hydrogens is 442 g/mol. The van der Waals surface area contributed by atoms with Crippen molar-refractivity contribution >= 4 is 55.7 Å². The molecule has 31 heavy (non-hydrogen) atoms. The molecule has 0 amide bonds. The zero-order chi connectivity index (χ0) is 21.8. The lowest BCUT2D eigenvalue weighted by atomic mass is 9.96. The van der Waals surface area contributed by atoms with E-state index < -0.39 is 0 Å². The Labute approximate surface area is 195 Å². The zero-order valence-corrected chi connectivity index (χ0v) is 20.5. The third-order valence-corrected chi connectivity index (χ3v) is 7.59. The molecule has 0 aliphatic carbocycles. The quantitative estimate of drug-likeness (QED) is 0.248. The molecule has 162 valence electrons. The number of hydrogen-bond acceptors (Lipinski definition) is 8. The molecule has 5 nitrogen and oxygen atoms in total. The third kappa shape index (κ3) is 5.96. The van der Waals surface area contributed by atoms with Gasteiger partial charge in [0, 0.05) is 23.7 Å². The van der Waals surface area contributed by atoms with Crippen LogP contribution in [0.1, 0.15) is 31.2 Å². The number of thioether (sulfide) groups is 1. The highest BCUT2D eigenvalue weighted by Crippen LogP contribution is 2.34. The van der Waals surface area contributed by atoms with Gasteiger partial charge < -0.3 is 10.6 Å².